The average molecular weight is 355 g/mol. The number of benzene rings is 1. The molecule has 2 saturated heterocycles. The van der Waals surface area contributed by atoms with Gasteiger partial charge in [0, 0.05) is 18.3 Å². The van der Waals surface area contributed by atoms with E-state index in [0.717, 1.165) is 34.4 Å². The minimum atomic E-state index is 0.815. The topological polar surface area (TPSA) is 15.7 Å². The van der Waals surface area contributed by atoms with E-state index in [9.17, 15) is 0 Å². The van der Waals surface area contributed by atoms with Gasteiger partial charge in [-0.05, 0) is 36.3 Å². The Morgan fingerprint density at radius 2 is 2.14 bits per heavy atom. The molecule has 1 aromatic rings. The van der Waals surface area contributed by atoms with E-state index in [1.165, 1.54) is 30.7 Å². The number of ether oxygens (including phenoxy) is 1. The fourth-order valence-corrected chi connectivity index (χ4v) is 5.21. The molecule has 2 fully saturated rings. The van der Waals surface area contributed by atoms with Crippen LogP contribution in [0.3, 0.4) is 0 Å². The van der Waals surface area contributed by atoms with Crippen molar-refractivity contribution in [2.24, 2.45) is 0 Å². The minimum absolute atomic E-state index is 0.815. The highest BCUT2D eigenvalue weighted by atomic mass is 32.2. The molecule has 120 valence electrons. The van der Waals surface area contributed by atoms with Crippen molar-refractivity contribution in [2.75, 3.05) is 32.0 Å². The third kappa shape index (κ3) is 4.31. The summed E-state index contributed by atoms with van der Waals surface area (Å²) in [7, 11) is 1.70. The van der Waals surface area contributed by atoms with Crippen molar-refractivity contribution in [3.05, 3.63) is 29.8 Å². The van der Waals surface area contributed by atoms with Crippen LogP contribution in [0.2, 0.25) is 0 Å². The first kappa shape index (κ1) is 16.4. The Bertz CT molecular complexity index is 503. The third-order valence-electron chi connectivity index (χ3n) is 4.02. The lowest BCUT2D eigenvalue weighted by Gasteiger charge is -2.37. The molecule has 0 radical (unpaired) electrons. The van der Waals surface area contributed by atoms with E-state index < -0.39 is 0 Å². The van der Waals surface area contributed by atoms with Crippen LogP contribution in [0.15, 0.2) is 24.3 Å². The fourth-order valence-electron chi connectivity index (χ4n) is 2.83. The number of thiocarbonyl (C=S) groups is 1. The first-order valence-electron chi connectivity index (χ1n) is 7.63. The molecule has 2 aliphatic heterocycles. The van der Waals surface area contributed by atoms with E-state index in [0.29, 0.717) is 0 Å². The number of hydrogen-bond acceptors (Lipinski definition) is 5. The van der Waals surface area contributed by atoms with Crippen molar-refractivity contribution in [3.8, 4) is 5.75 Å². The van der Waals surface area contributed by atoms with Gasteiger partial charge in [0.2, 0.25) is 0 Å². The molecule has 0 aromatic heterocycles. The first-order valence-corrected chi connectivity index (χ1v) is 10.1. The van der Waals surface area contributed by atoms with Crippen molar-refractivity contribution in [1.29, 1.82) is 0 Å². The fraction of sp³-hybridized carbons (Fsp3) is 0.562. The average Bonchev–Trinajstić information content (AvgIpc) is 3.04. The van der Waals surface area contributed by atoms with Gasteiger partial charge in [-0.3, -0.25) is 4.90 Å². The summed E-state index contributed by atoms with van der Waals surface area (Å²) in [5.41, 5.74) is 1.28. The lowest BCUT2D eigenvalue weighted by atomic mass is 10.2. The maximum atomic E-state index is 5.54. The summed E-state index contributed by atoms with van der Waals surface area (Å²) in [6.07, 6.45) is 2.75. The van der Waals surface area contributed by atoms with E-state index in [2.05, 4.69) is 33.7 Å². The zero-order valence-electron chi connectivity index (χ0n) is 12.9. The number of nitrogens with zero attached hydrogens (tertiary/aromatic N) is 2. The zero-order valence-corrected chi connectivity index (χ0v) is 15.3. The van der Waals surface area contributed by atoms with Gasteiger partial charge in [0.25, 0.3) is 0 Å². The second-order valence-corrected chi connectivity index (χ2v) is 8.70. The molecule has 2 aliphatic rings. The Morgan fingerprint density at radius 3 is 2.82 bits per heavy atom. The molecular formula is C16H22N2OS3. The highest BCUT2D eigenvalue weighted by molar-refractivity contribution is 8.22. The van der Waals surface area contributed by atoms with Crippen molar-refractivity contribution >= 4 is 40.1 Å². The summed E-state index contributed by atoms with van der Waals surface area (Å²) in [6.45, 7) is 3.03. The highest BCUT2D eigenvalue weighted by Gasteiger charge is 2.25. The van der Waals surface area contributed by atoms with Gasteiger partial charge in [0.1, 0.15) is 10.1 Å². The minimum Gasteiger partial charge on any atom is -0.497 e. The van der Waals surface area contributed by atoms with Crippen LogP contribution < -0.4 is 4.74 Å². The van der Waals surface area contributed by atoms with Crippen LogP contribution in [0.25, 0.3) is 0 Å². The van der Waals surface area contributed by atoms with Crippen molar-refractivity contribution in [3.63, 3.8) is 0 Å². The molecule has 0 spiro atoms. The molecular weight excluding hydrogens is 332 g/mol. The normalized spacial score (nSPS) is 23.0. The van der Waals surface area contributed by atoms with E-state index in [1.807, 2.05) is 12.1 Å². The smallest absolute Gasteiger partial charge is 0.138 e. The van der Waals surface area contributed by atoms with Gasteiger partial charge in [-0.2, -0.15) is 11.8 Å². The molecule has 0 saturated carbocycles. The maximum Gasteiger partial charge on any atom is 0.138 e. The molecule has 1 unspecified atom stereocenters. The number of rotatable bonds is 5. The second-order valence-electron chi connectivity index (χ2n) is 5.72. The Morgan fingerprint density at radius 1 is 1.32 bits per heavy atom. The van der Waals surface area contributed by atoms with Crippen LogP contribution in [-0.2, 0) is 6.54 Å². The lowest BCUT2D eigenvalue weighted by Crippen LogP contribution is -2.46. The monoisotopic (exact) mass is 354 g/mol. The molecule has 22 heavy (non-hydrogen) atoms. The molecule has 0 aliphatic carbocycles. The highest BCUT2D eigenvalue weighted by Crippen LogP contribution is 2.29. The standard InChI is InChI=1S/C16H22N2OS3/c1-19-14-6-4-13(5-7-14)9-18-11-17(12-22-16(18)20)10-15-3-2-8-21-15/h4-7,15H,2-3,8-12H2,1H3. The van der Waals surface area contributed by atoms with Crippen molar-refractivity contribution in [1.82, 2.24) is 9.80 Å². The van der Waals surface area contributed by atoms with Crippen LogP contribution in [0.1, 0.15) is 18.4 Å². The van der Waals surface area contributed by atoms with E-state index in [1.54, 1.807) is 18.9 Å². The molecule has 6 heteroatoms. The largest absolute Gasteiger partial charge is 0.497 e. The Kier molecular flexibility index (Phi) is 5.90. The number of hydrogen-bond donors (Lipinski definition) is 0. The molecule has 0 amide bonds. The van der Waals surface area contributed by atoms with Gasteiger partial charge in [-0.25, -0.2) is 0 Å². The predicted octanol–water partition coefficient (Wildman–Crippen LogP) is 3.64. The maximum absolute atomic E-state index is 5.54. The molecule has 3 rings (SSSR count). The number of methoxy groups -OCH3 is 1. The van der Waals surface area contributed by atoms with Gasteiger partial charge >= 0.3 is 0 Å². The molecule has 0 N–H and O–H groups in total. The summed E-state index contributed by atoms with van der Waals surface area (Å²) in [6, 6.07) is 8.28. The van der Waals surface area contributed by atoms with Crippen LogP contribution in [-0.4, -0.2) is 51.3 Å². The zero-order chi connectivity index (χ0) is 15.4. The lowest BCUT2D eigenvalue weighted by molar-refractivity contribution is 0.208. The van der Waals surface area contributed by atoms with Gasteiger partial charge < -0.3 is 9.64 Å². The van der Waals surface area contributed by atoms with Crippen LogP contribution in [0.5, 0.6) is 5.75 Å². The Labute approximate surface area is 146 Å². The predicted molar refractivity (Wildman–Crippen MR) is 101 cm³/mol. The van der Waals surface area contributed by atoms with E-state index in [-0.39, 0.29) is 0 Å². The van der Waals surface area contributed by atoms with E-state index >= 15 is 0 Å². The van der Waals surface area contributed by atoms with Crippen LogP contribution >= 0.6 is 35.7 Å². The second kappa shape index (κ2) is 7.90. The number of thioether (sulfide) groups is 2. The van der Waals surface area contributed by atoms with Gasteiger partial charge in [-0.1, -0.05) is 36.1 Å². The summed E-state index contributed by atoms with van der Waals surface area (Å²) >= 11 is 9.47. The van der Waals surface area contributed by atoms with Gasteiger partial charge in [-0.15, -0.1) is 0 Å². The third-order valence-corrected chi connectivity index (χ3v) is 7.01. The summed E-state index contributed by atoms with van der Waals surface area (Å²) in [5, 5.41) is 0.815. The molecule has 1 aromatic carbocycles. The molecule has 3 nitrogen and oxygen atoms in total. The van der Waals surface area contributed by atoms with Crippen molar-refractivity contribution < 1.29 is 4.74 Å². The SMILES string of the molecule is COc1ccc(CN2CN(CC3CCCS3)CSC2=S)cc1. The van der Waals surface area contributed by atoms with Crippen LogP contribution in [0, 0.1) is 0 Å². The van der Waals surface area contributed by atoms with Gasteiger partial charge in [0.15, 0.2) is 0 Å². The first-order chi connectivity index (χ1) is 10.7. The Hall–Kier alpha value is -0.430. The molecule has 2 heterocycles. The summed E-state index contributed by atoms with van der Waals surface area (Å²) in [4.78, 5) is 4.85. The molecule has 0 bridgehead atoms. The Balaban J connectivity index is 1.57. The summed E-state index contributed by atoms with van der Waals surface area (Å²) < 4.78 is 6.24. The van der Waals surface area contributed by atoms with Crippen LogP contribution in [0.4, 0.5) is 0 Å². The van der Waals surface area contributed by atoms with Crippen molar-refractivity contribution in [2.45, 2.75) is 24.6 Å². The van der Waals surface area contributed by atoms with E-state index in [4.69, 9.17) is 17.0 Å². The van der Waals surface area contributed by atoms with Gasteiger partial charge in [0.05, 0.1) is 19.7 Å². The molecule has 1 atom stereocenters. The quantitative estimate of drug-likeness (QED) is 0.745. The summed E-state index contributed by atoms with van der Waals surface area (Å²) in [5.74, 6) is 3.27.